The molecule has 4 nitrogen and oxygen atoms in total. The normalized spacial score (nSPS) is 29.3. The number of hydrogen-bond acceptors (Lipinski definition) is 2. The van der Waals surface area contributed by atoms with Gasteiger partial charge in [0.2, 0.25) is 12.3 Å². The van der Waals surface area contributed by atoms with Crippen LogP contribution >= 0.6 is 0 Å². The Balaban J connectivity index is 2.53. The van der Waals surface area contributed by atoms with Crippen LogP contribution in [0.15, 0.2) is 0 Å². The van der Waals surface area contributed by atoms with E-state index in [4.69, 9.17) is 5.73 Å². The van der Waals surface area contributed by atoms with Gasteiger partial charge in [0.25, 0.3) is 0 Å². The quantitative estimate of drug-likeness (QED) is 0.574. The van der Waals surface area contributed by atoms with Crippen LogP contribution in [0.2, 0.25) is 0 Å². The van der Waals surface area contributed by atoms with Gasteiger partial charge in [0, 0.05) is 6.04 Å². The van der Waals surface area contributed by atoms with E-state index in [0.717, 1.165) is 25.7 Å². The van der Waals surface area contributed by atoms with E-state index in [1.165, 1.54) is 0 Å². The summed E-state index contributed by atoms with van der Waals surface area (Å²) in [6, 6.07) is -0.0336. The molecule has 1 aliphatic rings. The highest BCUT2D eigenvalue weighted by molar-refractivity contribution is 5.77. The van der Waals surface area contributed by atoms with Gasteiger partial charge in [0.15, 0.2) is 0 Å². The molecule has 1 saturated carbocycles. The second kappa shape index (κ2) is 4.09. The van der Waals surface area contributed by atoms with Crippen LogP contribution in [0.4, 0.5) is 0 Å². The van der Waals surface area contributed by atoms with E-state index in [1.807, 2.05) is 0 Å². The van der Waals surface area contributed by atoms with Crippen molar-refractivity contribution in [1.82, 2.24) is 5.32 Å². The monoisotopic (exact) mass is 170 g/mol. The number of amides is 2. The van der Waals surface area contributed by atoms with Crippen LogP contribution in [0.5, 0.6) is 0 Å². The molecule has 0 heterocycles. The van der Waals surface area contributed by atoms with Gasteiger partial charge in [0.1, 0.15) is 0 Å². The van der Waals surface area contributed by atoms with Crippen molar-refractivity contribution in [2.45, 2.75) is 31.7 Å². The molecule has 0 saturated heterocycles. The standard InChI is InChI=1S/C8H14N2O2/c9-8(12)6-3-1-2-4-7(6)10-5-11/h5-7H,1-4H2,(H2,9,12)(H,10,11)/t6-,7-/m1/s1. The van der Waals surface area contributed by atoms with Gasteiger partial charge in [-0.2, -0.15) is 0 Å². The highest BCUT2D eigenvalue weighted by Gasteiger charge is 2.28. The summed E-state index contributed by atoms with van der Waals surface area (Å²) in [6.07, 6.45) is 4.42. The first-order valence-electron chi connectivity index (χ1n) is 4.24. The van der Waals surface area contributed by atoms with Gasteiger partial charge >= 0.3 is 0 Å². The lowest BCUT2D eigenvalue weighted by molar-refractivity contribution is -0.124. The maximum absolute atomic E-state index is 10.9. The minimum absolute atomic E-state index is 0.0336. The summed E-state index contributed by atoms with van der Waals surface area (Å²) in [6.45, 7) is 0. The van der Waals surface area contributed by atoms with Gasteiger partial charge in [-0.25, -0.2) is 0 Å². The Labute approximate surface area is 71.5 Å². The van der Waals surface area contributed by atoms with E-state index in [2.05, 4.69) is 5.32 Å². The molecule has 1 rings (SSSR count). The third-order valence-corrected chi connectivity index (χ3v) is 2.41. The molecule has 0 aromatic carbocycles. The third-order valence-electron chi connectivity index (χ3n) is 2.41. The number of hydrogen-bond donors (Lipinski definition) is 2. The Kier molecular flexibility index (Phi) is 3.08. The van der Waals surface area contributed by atoms with Crippen LogP contribution in [0, 0.1) is 5.92 Å². The highest BCUT2D eigenvalue weighted by Crippen LogP contribution is 2.23. The molecule has 0 aromatic rings. The van der Waals surface area contributed by atoms with Crippen LogP contribution in [0.1, 0.15) is 25.7 Å². The van der Waals surface area contributed by atoms with Gasteiger partial charge in [-0.05, 0) is 12.8 Å². The molecule has 0 aromatic heterocycles. The fourth-order valence-corrected chi connectivity index (χ4v) is 1.76. The fraction of sp³-hybridized carbons (Fsp3) is 0.750. The molecule has 0 aliphatic heterocycles. The van der Waals surface area contributed by atoms with Crippen LogP contribution in [0.25, 0.3) is 0 Å². The minimum Gasteiger partial charge on any atom is -0.369 e. The van der Waals surface area contributed by atoms with Crippen LogP contribution in [0.3, 0.4) is 0 Å². The molecular weight excluding hydrogens is 156 g/mol. The lowest BCUT2D eigenvalue weighted by Crippen LogP contribution is -2.44. The molecule has 2 atom stereocenters. The van der Waals surface area contributed by atoms with Crippen LogP contribution < -0.4 is 11.1 Å². The molecule has 0 radical (unpaired) electrons. The SMILES string of the molecule is NC(=O)[C@@H]1CCCC[C@H]1NC=O. The maximum Gasteiger partial charge on any atom is 0.222 e. The Hall–Kier alpha value is -1.06. The lowest BCUT2D eigenvalue weighted by Gasteiger charge is -2.28. The van der Waals surface area contributed by atoms with Crippen molar-refractivity contribution in [3.8, 4) is 0 Å². The number of carbonyl (C=O) groups excluding carboxylic acids is 2. The summed E-state index contributed by atoms with van der Waals surface area (Å²) >= 11 is 0. The Morgan fingerprint density at radius 1 is 1.42 bits per heavy atom. The van der Waals surface area contributed by atoms with Crippen molar-refractivity contribution in [3.63, 3.8) is 0 Å². The van der Waals surface area contributed by atoms with E-state index < -0.39 is 0 Å². The van der Waals surface area contributed by atoms with Crippen molar-refractivity contribution < 1.29 is 9.59 Å². The van der Waals surface area contributed by atoms with Crippen molar-refractivity contribution >= 4 is 12.3 Å². The molecule has 0 bridgehead atoms. The summed E-state index contributed by atoms with van der Waals surface area (Å²) in [5.74, 6) is -0.460. The molecule has 1 aliphatic carbocycles. The molecule has 1 fully saturated rings. The Morgan fingerprint density at radius 3 is 2.67 bits per heavy atom. The average Bonchev–Trinajstić information content (AvgIpc) is 2.05. The summed E-state index contributed by atoms with van der Waals surface area (Å²) in [5.41, 5.74) is 5.19. The number of rotatable bonds is 3. The van der Waals surface area contributed by atoms with Crippen molar-refractivity contribution in [1.29, 1.82) is 0 Å². The molecule has 3 N–H and O–H groups in total. The second-order valence-electron chi connectivity index (χ2n) is 3.18. The van der Waals surface area contributed by atoms with Gasteiger partial charge in [-0.1, -0.05) is 12.8 Å². The van der Waals surface area contributed by atoms with Crippen molar-refractivity contribution in [2.24, 2.45) is 11.7 Å². The first-order chi connectivity index (χ1) is 5.75. The Morgan fingerprint density at radius 2 is 2.08 bits per heavy atom. The minimum atomic E-state index is -0.297. The lowest BCUT2D eigenvalue weighted by atomic mass is 9.84. The van der Waals surface area contributed by atoms with Crippen molar-refractivity contribution in [3.05, 3.63) is 0 Å². The second-order valence-corrected chi connectivity index (χ2v) is 3.18. The van der Waals surface area contributed by atoms with Gasteiger partial charge < -0.3 is 11.1 Å². The highest BCUT2D eigenvalue weighted by atomic mass is 16.1. The topological polar surface area (TPSA) is 72.2 Å². The van der Waals surface area contributed by atoms with Crippen LogP contribution in [-0.4, -0.2) is 18.4 Å². The predicted octanol–water partition coefficient (Wildman–Crippen LogP) is -0.224. The van der Waals surface area contributed by atoms with E-state index in [9.17, 15) is 9.59 Å². The number of nitrogens with one attached hydrogen (secondary N) is 1. The average molecular weight is 170 g/mol. The molecular formula is C8H14N2O2. The van der Waals surface area contributed by atoms with E-state index in [1.54, 1.807) is 0 Å². The zero-order valence-corrected chi connectivity index (χ0v) is 6.95. The number of primary amides is 1. The van der Waals surface area contributed by atoms with Gasteiger partial charge in [-0.15, -0.1) is 0 Å². The molecule has 2 amide bonds. The smallest absolute Gasteiger partial charge is 0.222 e. The third kappa shape index (κ3) is 1.96. The zero-order chi connectivity index (χ0) is 8.97. The van der Waals surface area contributed by atoms with Gasteiger partial charge in [-0.3, -0.25) is 9.59 Å². The molecule has 68 valence electrons. The summed E-state index contributed by atoms with van der Waals surface area (Å²) < 4.78 is 0. The van der Waals surface area contributed by atoms with E-state index in [-0.39, 0.29) is 17.9 Å². The van der Waals surface area contributed by atoms with Crippen LogP contribution in [-0.2, 0) is 9.59 Å². The predicted molar refractivity (Wildman–Crippen MR) is 44.1 cm³/mol. The molecule has 0 spiro atoms. The Bertz CT molecular complexity index is 182. The number of nitrogens with two attached hydrogens (primary N) is 1. The van der Waals surface area contributed by atoms with Gasteiger partial charge in [0.05, 0.1) is 5.92 Å². The van der Waals surface area contributed by atoms with E-state index >= 15 is 0 Å². The first kappa shape index (κ1) is 9.03. The van der Waals surface area contributed by atoms with E-state index in [0.29, 0.717) is 6.41 Å². The summed E-state index contributed by atoms with van der Waals surface area (Å²) in [4.78, 5) is 21.1. The molecule has 4 heteroatoms. The summed E-state index contributed by atoms with van der Waals surface area (Å²) in [7, 11) is 0. The maximum atomic E-state index is 10.9. The fourth-order valence-electron chi connectivity index (χ4n) is 1.76. The summed E-state index contributed by atoms with van der Waals surface area (Å²) in [5, 5.41) is 2.63. The molecule has 0 unspecified atom stereocenters. The molecule has 12 heavy (non-hydrogen) atoms. The van der Waals surface area contributed by atoms with Crippen molar-refractivity contribution in [2.75, 3.05) is 0 Å². The largest absolute Gasteiger partial charge is 0.369 e. The zero-order valence-electron chi connectivity index (χ0n) is 6.95. The first-order valence-corrected chi connectivity index (χ1v) is 4.24. The number of carbonyl (C=O) groups is 2.